The predicted octanol–water partition coefficient (Wildman–Crippen LogP) is 3.26. The van der Waals surface area contributed by atoms with Gasteiger partial charge in [0.2, 0.25) is 0 Å². The maximum atomic E-state index is 5.49. The molecule has 3 nitrogen and oxygen atoms in total. The topological polar surface area (TPSA) is 30.5 Å². The van der Waals surface area contributed by atoms with Gasteiger partial charge >= 0.3 is 0 Å². The minimum atomic E-state index is 0.565. The summed E-state index contributed by atoms with van der Waals surface area (Å²) >= 11 is 0. The molecule has 0 saturated heterocycles. The monoisotopic (exact) mass is 242 g/mol. The zero-order valence-electron chi connectivity index (χ0n) is 10.3. The molecule has 1 radical (unpaired) electrons. The van der Waals surface area contributed by atoms with Crippen LogP contribution in [0.5, 0.6) is 5.75 Å². The van der Waals surface area contributed by atoms with E-state index >= 15 is 0 Å². The molecule has 2 rings (SSSR count). The van der Waals surface area contributed by atoms with Gasteiger partial charge in [0.15, 0.2) is 0 Å². The SMILES string of the molecule is COCCOc1ccc(Nc2[c]cccc2)cc1. The van der Waals surface area contributed by atoms with E-state index in [-0.39, 0.29) is 0 Å². The van der Waals surface area contributed by atoms with Gasteiger partial charge < -0.3 is 14.8 Å². The molecule has 1 N–H and O–H groups in total. The highest BCUT2D eigenvalue weighted by molar-refractivity contribution is 5.59. The Balaban J connectivity index is 1.91. The van der Waals surface area contributed by atoms with E-state index in [1.807, 2.05) is 48.5 Å². The highest BCUT2D eigenvalue weighted by atomic mass is 16.5. The van der Waals surface area contributed by atoms with Crippen LogP contribution in [0.15, 0.2) is 48.5 Å². The fourth-order valence-electron chi connectivity index (χ4n) is 1.50. The van der Waals surface area contributed by atoms with E-state index in [0.717, 1.165) is 17.1 Å². The van der Waals surface area contributed by atoms with Crippen molar-refractivity contribution in [3.05, 3.63) is 54.6 Å². The number of anilines is 2. The van der Waals surface area contributed by atoms with Gasteiger partial charge in [0.25, 0.3) is 0 Å². The van der Waals surface area contributed by atoms with Crippen LogP contribution in [0.4, 0.5) is 11.4 Å². The van der Waals surface area contributed by atoms with Crippen LogP contribution in [0.1, 0.15) is 0 Å². The van der Waals surface area contributed by atoms with Crippen molar-refractivity contribution in [1.29, 1.82) is 0 Å². The highest BCUT2D eigenvalue weighted by Gasteiger charge is 1.96. The molecule has 0 bridgehead atoms. The lowest BCUT2D eigenvalue weighted by Gasteiger charge is -2.08. The summed E-state index contributed by atoms with van der Waals surface area (Å²) in [7, 11) is 1.66. The highest BCUT2D eigenvalue weighted by Crippen LogP contribution is 2.19. The second kappa shape index (κ2) is 6.67. The molecule has 0 spiro atoms. The third-order valence-electron chi connectivity index (χ3n) is 2.40. The van der Waals surface area contributed by atoms with Crippen molar-refractivity contribution in [2.24, 2.45) is 0 Å². The van der Waals surface area contributed by atoms with Crippen molar-refractivity contribution in [2.45, 2.75) is 0 Å². The normalized spacial score (nSPS) is 10.1. The Morgan fingerprint density at radius 2 is 1.89 bits per heavy atom. The fraction of sp³-hybridized carbons (Fsp3) is 0.200. The summed E-state index contributed by atoms with van der Waals surface area (Å²) in [6.45, 7) is 1.16. The molecule has 0 heterocycles. The summed E-state index contributed by atoms with van der Waals surface area (Å²) in [5, 5.41) is 3.26. The lowest BCUT2D eigenvalue weighted by Crippen LogP contribution is -2.04. The number of rotatable bonds is 6. The van der Waals surface area contributed by atoms with Gasteiger partial charge in [-0.25, -0.2) is 0 Å². The van der Waals surface area contributed by atoms with E-state index in [1.54, 1.807) is 7.11 Å². The van der Waals surface area contributed by atoms with Crippen LogP contribution in [0, 0.1) is 6.07 Å². The number of benzene rings is 2. The fourth-order valence-corrected chi connectivity index (χ4v) is 1.50. The first kappa shape index (κ1) is 12.5. The third kappa shape index (κ3) is 3.79. The summed E-state index contributed by atoms with van der Waals surface area (Å²) in [5.41, 5.74) is 1.96. The van der Waals surface area contributed by atoms with Gasteiger partial charge in [-0.05, 0) is 30.3 Å². The number of hydrogen-bond acceptors (Lipinski definition) is 3. The largest absolute Gasteiger partial charge is 0.491 e. The van der Waals surface area contributed by atoms with Crippen molar-refractivity contribution in [2.75, 3.05) is 25.6 Å². The summed E-state index contributed by atoms with van der Waals surface area (Å²) < 4.78 is 10.4. The van der Waals surface area contributed by atoms with Crippen LogP contribution >= 0.6 is 0 Å². The van der Waals surface area contributed by atoms with Crippen LogP contribution in [-0.4, -0.2) is 20.3 Å². The second-order valence-corrected chi connectivity index (χ2v) is 3.77. The average molecular weight is 242 g/mol. The molecule has 0 aromatic heterocycles. The van der Waals surface area contributed by atoms with E-state index in [9.17, 15) is 0 Å². The number of hydrogen-bond donors (Lipinski definition) is 1. The summed E-state index contributed by atoms with van der Waals surface area (Å²) in [6, 6.07) is 18.7. The molecule has 0 aliphatic heterocycles. The molecule has 0 amide bonds. The van der Waals surface area contributed by atoms with Crippen molar-refractivity contribution in [1.82, 2.24) is 0 Å². The van der Waals surface area contributed by atoms with Crippen LogP contribution in [0.3, 0.4) is 0 Å². The van der Waals surface area contributed by atoms with Crippen LogP contribution in [0.25, 0.3) is 0 Å². The van der Waals surface area contributed by atoms with E-state index in [1.165, 1.54) is 0 Å². The number of nitrogens with one attached hydrogen (secondary N) is 1. The summed E-state index contributed by atoms with van der Waals surface area (Å²) in [4.78, 5) is 0. The Labute approximate surface area is 107 Å². The number of ether oxygens (including phenoxy) is 2. The first-order valence-corrected chi connectivity index (χ1v) is 5.84. The molecule has 2 aromatic rings. The minimum Gasteiger partial charge on any atom is -0.491 e. The summed E-state index contributed by atoms with van der Waals surface area (Å²) in [5.74, 6) is 0.842. The molecule has 0 fully saturated rings. The molecule has 0 saturated carbocycles. The van der Waals surface area contributed by atoms with Gasteiger partial charge in [-0.15, -0.1) is 0 Å². The van der Waals surface area contributed by atoms with Gasteiger partial charge in [0.05, 0.1) is 6.61 Å². The van der Waals surface area contributed by atoms with Gasteiger partial charge in [-0.2, -0.15) is 0 Å². The quantitative estimate of drug-likeness (QED) is 0.789. The first-order chi connectivity index (χ1) is 8.88. The molecule has 18 heavy (non-hydrogen) atoms. The molecule has 2 aromatic carbocycles. The molecule has 0 aliphatic carbocycles. The van der Waals surface area contributed by atoms with E-state index in [0.29, 0.717) is 13.2 Å². The Kier molecular flexibility index (Phi) is 4.61. The van der Waals surface area contributed by atoms with Gasteiger partial charge in [-0.1, -0.05) is 18.2 Å². The maximum absolute atomic E-state index is 5.49. The predicted molar refractivity (Wildman–Crippen MR) is 72.4 cm³/mol. The van der Waals surface area contributed by atoms with Crippen molar-refractivity contribution < 1.29 is 9.47 Å². The lowest BCUT2D eigenvalue weighted by atomic mass is 10.2. The van der Waals surface area contributed by atoms with Crippen molar-refractivity contribution in [3.63, 3.8) is 0 Å². The zero-order valence-corrected chi connectivity index (χ0v) is 10.3. The lowest BCUT2D eigenvalue weighted by molar-refractivity contribution is 0.146. The Morgan fingerprint density at radius 3 is 2.56 bits per heavy atom. The molecule has 0 unspecified atom stereocenters. The van der Waals surface area contributed by atoms with Crippen LogP contribution in [0.2, 0.25) is 0 Å². The zero-order chi connectivity index (χ0) is 12.6. The molecule has 0 aliphatic rings. The minimum absolute atomic E-state index is 0.565. The van der Waals surface area contributed by atoms with Crippen LogP contribution < -0.4 is 10.1 Å². The van der Waals surface area contributed by atoms with Crippen molar-refractivity contribution in [3.8, 4) is 5.75 Å². The first-order valence-electron chi connectivity index (χ1n) is 5.84. The van der Waals surface area contributed by atoms with E-state index < -0.39 is 0 Å². The average Bonchev–Trinajstić information content (AvgIpc) is 2.42. The van der Waals surface area contributed by atoms with Gasteiger partial charge in [-0.3, -0.25) is 0 Å². The second-order valence-electron chi connectivity index (χ2n) is 3.77. The Bertz CT molecular complexity index is 454. The Hall–Kier alpha value is -2.00. The Morgan fingerprint density at radius 1 is 1.06 bits per heavy atom. The van der Waals surface area contributed by atoms with E-state index in [4.69, 9.17) is 9.47 Å². The van der Waals surface area contributed by atoms with Crippen LogP contribution in [-0.2, 0) is 4.74 Å². The standard InChI is InChI=1S/C15H16NO2/c1-17-11-12-18-15-9-7-14(8-10-15)16-13-5-3-2-4-6-13/h2-5,7-10,16H,11-12H2,1H3. The third-order valence-corrected chi connectivity index (χ3v) is 2.40. The molecular formula is C15H16NO2. The van der Waals surface area contributed by atoms with E-state index in [2.05, 4.69) is 11.4 Å². The van der Waals surface area contributed by atoms with Gasteiger partial charge in [0, 0.05) is 24.6 Å². The van der Waals surface area contributed by atoms with Crippen molar-refractivity contribution >= 4 is 11.4 Å². The smallest absolute Gasteiger partial charge is 0.119 e. The summed E-state index contributed by atoms with van der Waals surface area (Å²) in [6.07, 6.45) is 0. The molecule has 3 heteroatoms. The molecular weight excluding hydrogens is 226 g/mol. The molecule has 0 atom stereocenters. The number of methoxy groups -OCH3 is 1. The maximum Gasteiger partial charge on any atom is 0.119 e. The number of para-hydroxylation sites is 1. The molecule has 93 valence electrons. The van der Waals surface area contributed by atoms with Gasteiger partial charge in [0.1, 0.15) is 12.4 Å².